The van der Waals surface area contributed by atoms with Crippen molar-refractivity contribution >= 4 is 33.4 Å². The molecule has 3 aromatic rings. The summed E-state index contributed by atoms with van der Waals surface area (Å²) in [6.07, 6.45) is 0. The van der Waals surface area contributed by atoms with Crippen LogP contribution in [0.4, 0.5) is 4.39 Å². The fourth-order valence-electron chi connectivity index (χ4n) is 2.78. The maximum atomic E-state index is 14.4. The van der Waals surface area contributed by atoms with Gasteiger partial charge >= 0.3 is 5.97 Å². The highest BCUT2D eigenvalue weighted by Crippen LogP contribution is 2.25. The van der Waals surface area contributed by atoms with Crippen LogP contribution in [0.3, 0.4) is 0 Å². The lowest BCUT2D eigenvalue weighted by atomic mass is 10.2. The van der Waals surface area contributed by atoms with E-state index in [-0.39, 0.29) is 29.0 Å². The molecule has 0 unspecified atom stereocenters. The summed E-state index contributed by atoms with van der Waals surface area (Å²) in [5, 5.41) is 0. The summed E-state index contributed by atoms with van der Waals surface area (Å²) < 4.78 is 31.7. The van der Waals surface area contributed by atoms with Gasteiger partial charge in [0.25, 0.3) is 5.91 Å². The van der Waals surface area contributed by atoms with Crippen LogP contribution in [-0.4, -0.2) is 37.3 Å². The molecule has 152 valence electrons. The molecule has 0 aliphatic carbocycles. The van der Waals surface area contributed by atoms with Crippen LogP contribution in [0.2, 0.25) is 0 Å². The number of amides is 1. The van der Waals surface area contributed by atoms with Gasteiger partial charge in [-0.3, -0.25) is 9.59 Å². The normalized spacial score (nSPS) is 11.5. The number of benzene rings is 2. The number of esters is 1. The molecular formula is C20H19FN2O5S. The lowest BCUT2D eigenvalue weighted by Crippen LogP contribution is -2.23. The van der Waals surface area contributed by atoms with Crippen molar-refractivity contribution in [1.29, 1.82) is 0 Å². The first-order chi connectivity index (χ1) is 14.0. The van der Waals surface area contributed by atoms with Crippen molar-refractivity contribution in [1.82, 2.24) is 4.57 Å². The zero-order chi connectivity index (χ0) is 21.0. The number of carbonyl (C=O) groups is 2. The third-order valence-corrected chi connectivity index (χ3v) is 5.12. The summed E-state index contributed by atoms with van der Waals surface area (Å²) in [6, 6.07) is 9.30. The van der Waals surface area contributed by atoms with Crippen molar-refractivity contribution in [3.63, 3.8) is 0 Å². The van der Waals surface area contributed by atoms with Gasteiger partial charge in [0, 0.05) is 0 Å². The van der Waals surface area contributed by atoms with Gasteiger partial charge in [-0.1, -0.05) is 17.4 Å². The Morgan fingerprint density at radius 2 is 1.97 bits per heavy atom. The van der Waals surface area contributed by atoms with E-state index in [1.807, 2.05) is 0 Å². The third kappa shape index (κ3) is 4.29. The molecule has 1 amide bonds. The second-order valence-corrected chi connectivity index (χ2v) is 6.85. The van der Waals surface area contributed by atoms with E-state index in [4.69, 9.17) is 14.2 Å². The molecule has 0 spiro atoms. The number of fused-ring (bicyclic) bond motifs is 1. The smallest absolute Gasteiger partial charge is 0.326 e. The van der Waals surface area contributed by atoms with Crippen LogP contribution in [0, 0.1) is 5.82 Å². The van der Waals surface area contributed by atoms with Crippen LogP contribution in [0.15, 0.2) is 41.4 Å². The minimum atomic E-state index is -0.606. The first-order valence-electron chi connectivity index (χ1n) is 8.73. The molecule has 9 heteroatoms. The Bertz CT molecular complexity index is 1140. The molecule has 2 aromatic carbocycles. The number of nitrogens with zero attached hydrogens (tertiary/aromatic N) is 2. The van der Waals surface area contributed by atoms with Crippen molar-refractivity contribution in [3.8, 4) is 11.5 Å². The number of thiazole rings is 1. The first-order valence-corrected chi connectivity index (χ1v) is 9.54. The van der Waals surface area contributed by atoms with Crippen LogP contribution >= 0.6 is 11.3 Å². The van der Waals surface area contributed by atoms with E-state index in [0.717, 1.165) is 11.3 Å². The summed E-state index contributed by atoms with van der Waals surface area (Å²) in [5.74, 6) is -0.889. The molecule has 0 saturated heterocycles. The fraction of sp³-hybridized carbons (Fsp3) is 0.250. The van der Waals surface area contributed by atoms with Crippen molar-refractivity contribution in [2.24, 2.45) is 4.99 Å². The van der Waals surface area contributed by atoms with Crippen LogP contribution in [0.1, 0.15) is 17.3 Å². The molecule has 0 fully saturated rings. The van der Waals surface area contributed by atoms with Gasteiger partial charge in [0.2, 0.25) is 0 Å². The number of carbonyl (C=O) groups excluding carboxylic acids is 2. The van der Waals surface area contributed by atoms with E-state index in [1.165, 1.54) is 30.9 Å². The zero-order valence-electron chi connectivity index (χ0n) is 16.1. The van der Waals surface area contributed by atoms with Crippen LogP contribution in [0.25, 0.3) is 10.2 Å². The number of halogens is 1. The number of methoxy groups -OCH3 is 2. The van der Waals surface area contributed by atoms with E-state index in [0.29, 0.717) is 16.2 Å². The maximum Gasteiger partial charge on any atom is 0.326 e. The molecule has 0 radical (unpaired) electrons. The van der Waals surface area contributed by atoms with E-state index in [1.54, 1.807) is 31.2 Å². The van der Waals surface area contributed by atoms with Crippen LogP contribution in [-0.2, 0) is 16.1 Å². The van der Waals surface area contributed by atoms with Gasteiger partial charge in [-0.15, -0.1) is 0 Å². The number of hydrogen-bond acceptors (Lipinski definition) is 6. The predicted molar refractivity (Wildman–Crippen MR) is 106 cm³/mol. The van der Waals surface area contributed by atoms with Gasteiger partial charge in [0.05, 0.1) is 36.6 Å². The quantitative estimate of drug-likeness (QED) is 0.575. The monoisotopic (exact) mass is 418 g/mol. The van der Waals surface area contributed by atoms with Gasteiger partial charge in [0.15, 0.2) is 4.80 Å². The van der Waals surface area contributed by atoms with Crippen LogP contribution in [0.5, 0.6) is 11.5 Å². The minimum absolute atomic E-state index is 0.174. The minimum Gasteiger partial charge on any atom is -0.497 e. The van der Waals surface area contributed by atoms with Gasteiger partial charge in [-0.25, -0.2) is 4.39 Å². The maximum absolute atomic E-state index is 14.4. The Labute approximate surface area is 170 Å². The number of rotatable bonds is 6. The van der Waals surface area contributed by atoms with Crippen molar-refractivity contribution in [3.05, 3.63) is 52.6 Å². The number of para-hydroxylation sites is 1. The molecule has 7 nitrogen and oxygen atoms in total. The molecule has 1 heterocycles. The van der Waals surface area contributed by atoms with Gasteiger partial charge in [-0.2, -0.15) is 4.99 Å². The average molecular weight is 418 g/mol. The third-order valence-electron chi connectivity index (χ3n) is 4.08. The highest BCUT2D eigenvalue weighted by Gasteiger charge is 2.17. The Kier molecular flexibility index (Phi) is 6.28. The summed E-state index contributed by atoms with van der Waals surface area (Å²) in [7, 11) is 2.92. The van der Waals surface area contributed by atoms with E-state index >= 15 is 0 Å². The first kappa shape index (κ1) is 20.5. The average Bonchev–Trinajstić information content (AvgIpc) is 3.05. The highest BCUT2D eigenvalue weighted by atomic mass is 32.1. The number of ether oxygens (including phenoxy) is 3. The molecule has 0 N–H and O–H groups in total. The summed E-state index contributed by atoms with van der Waals surface area (Å²) in [4.78, 5) is 29.2. The fourth-order valence-corrected chi connectivity index (χ4v) is 3.83. The largest absolute Gasteiger partial charge is 0.497 e. The molecular weight excluding hydrogens is 399 g/mol. The molecule has 29 heavy (non-hydrogen) atoms. The van der Waals surface area contributed by atoms with Crippen LogP contribution < -0.4 is 14.3 Å². The summed E-state index contributed by atoms with van der Waals surface area (Å²) in [6.45, 7) is 1.60. The van der Waals surface area contributed by atoms with Crippen molar-refractivity contribution < 1.29 is 28.2 Å². The Balaban J connectivity index is 2.16. The Morgan fingerprint density at radius 3 is 2.66 bits per heavy atom. The highest BCUT2D eigenvalue weighted by molar-refractivity contribution is 7.16. The second kappa shape index (κ2) is 8.87. The number of aromatic nitrogens is 1. The molecule has 0 bridgehead atoms. The Hall–Kier alpha value is -3.20. The molecule has 0 saturated carbocycles. The molecule has 0 aliphatic rings. The second-order valence-electron chi connectivity index (χ2n) is 5.85. The topological polar surface area (TPSA) is 79.1 Å². The summed E-state index contributed by atoms with van der Waals surface area (Å²) in [5.41, 5.74) is 0.377. The lowest BCUT2D eigenvalue weighted by Gasteiger charge is -2.08. The molecule has 0 aliphatic heterocycles. The molecule has 0 atom stereocenters. The van der Waals surface area contributed by atoms with E-state index in [9.17, 15) is 14.0 Å². The SMILES string of the molecule is CCOC(=O)Cn1c(=NC(=O)c2cc(OC)ccc2OC)sc2cccc(F)c21. The standard InChI is InChI=1S/C20H19FN2O5S/c1-4-28-17(24)11-23-18-14(21)6-5-7-16(18)29-20(23)22-19(25)13-10-12(26-2)8-9-15(13)27-3/h5-10H,4,11H2,1-3H3. The van der Waals surface area contributed by atoms with Crippen molar-refractivity contribution in [2.75, 3.05) is 20.8 Å². The van der Waals surface area contributed by atoms with Crippen molar-refractivity contribution in [2.45, 2.75) is 13.5 Å². The van der Waals surface area contributed by atoms with Gasteiger partial charge in [-0.05, 0) is 37.3 Å². The number of hydrogen-bond donors (Lipinski definition) is 0. The predicted octanol–water partition coefficient (Wildman–Crippen LogP) is 3.16. The molecule has 3 rings (SSSR count). The summed E-state index contributed by atoms with van der Waals surface area (Å²) >= 11 is 1.10. The van der Waals surface area contributed by atoms with Gasteiger partial charge < -0.3 is 18.8 Å². The van der Waals surface area contributed by atoms with E-state index < -0.39 is 17.7 Å². The lowest BCUT2D eigenvalue weighted by molar-refractivity contribution is -0.143. The van der Waals surface area contributed by atoms with E-state index in [2.05, 4.69) is 4.99 Å². The molecule has 1 aromatic heterocycles. The van der Waals surface area contributed by atoms with Gasteiger partial charge in [0.1, 0.15) is 23.9 Å². The Morgan fingerprint density at radius 1 is 1.17 bits per heavy atom. The zero-order valence-corrected chi connectivity index (χ0v) is 16.9.